The highest BCUT2D eigenvalue weighted by Gasteiger charge is 1.92. The van der Waals surface area contributed by atoms with Crippen molar-refractivity contribution in [2.45, 2.75) is 25.6 Å². The first-order chi connectivity index (χ1) is 5.86. The molecule has 0 saturated carbocycles. The molecule has 0 aliphatic carbocycles. The molecule has 0 atom stereocenters. The maximum Gasteiger partial charge on any atom is 0.0489 e. The first kappa shape index (κ1) is 11.7. The molecule has 0 saturated heterocycles. The number of hydrogen-bond donors (Lipinski definition) is 0. The number of alkyl halides is 2. The predicted octanol–water partition coefficient (Wildman–Crippen LogP) is 3.59. The van der Waals surface area contributed by atoms with Crippen LogP contribution in [0.4, 0.5) is 0 Å². The highest BCUT2D eigenvalue weighted by atomic mass is 35.5. The van der Waals surface area contributed by atoms with Gasteiger partial charge in [-0.1, -0.05) is 19.9 Å². The van der Waals surface area contributed by atoms with Gasteiger partial charge in [0.15, 0.2) is 0 Å². The zero-order valence-corrected chi connectivity index (χ0v) is 8.86. The molecule has 0 radical (unpaired) electrons. The van der Waals surface area contributed by atoms with Crippen LogP contribution in [-0.4, -0.2) is 4.98 Å². The molecule has 0 unspecified atom stereocenters. The van der Waals surface area contributed by atoms with Gasteiger partial charge in [0.1, 0.15) is 0 Å². The van der Waals surface area contributed by atoms with Crippen LogP contribution in [0.5, 0.6) is 0 Å². The van der Waals surface area contributed by atoms with Crippen LogP contribution in [0.3, 0.4) is 0 Å². The molecule has 0 aliphatic rings. The summed E-state index contributed by atoms with van der Waals surface area (Å²) in [7, 11) is 0. The molecule has 0 N–H and O–H groups in total. The van der Waals surface area contributed by atoms with E-state index < -0.39 is 0 Å². The fourth-order valence-corrected chi connectivity index (χ4v) is 0.980. The van der Waals surface area contributed by atoms with E-state index in [1.807, 2.05) is 19.9 Å². The van der Waals surface area contributed by atoms with E-state index in [9.17, 15) is 0 Å². The summed E-state index contributed by atoms with van der Waals surface area (Å²) in [6.07, 6.45) is 3.48. The van der Waals surface area contributed by atoms with Gasteiger partial charge in [-0.3, -0.25) is 4.98 Å². The molecular weight excluding hydrogens is 193 g/mol. The molecule has 0 aliphatic heterocycles. The van der Waals surface area contributed by atoms with Gasteiger partial charge in [-0.2, -0.15) is 0 Å². The van der Waals surface area contributed by atoms with E-state index >= 15 is 0 Å². The maximum absolute atomic E-state index is 5.57. The standard InChI is InChI=1S/C7H7Cl2N.C2H6/c8-2-6-1-7(3-9)5-10-4-6;1-2/h1,4-5H,2-3H2;1-2H3. The monoisotopic (exact) mass is 205 g/mol. The van der Waals surface area contributed by atoms with Crippen LogP contribution in [-0.2, 0) is 11.8 Å². The first-order valence-corrected chi connectivity index (χ1v) is 4.98. The zero-order chi connectivity index (χ0) is 9.40. The number of pyridine rings is 1. The number of aromatic nitrogens is 1. The lowest BCUT2D eigenvalue weighted by Crippen LogP contribution is -1.84. The van der Waals surface area contributed by atoms with Gasteiger partial charge in [0.05, 0.1) is 0 Å². The average Bonchev–Trinajstić information content (AvgIpc) is 2.21. The lowest BCUT2D eigenvalue weighted by Gasteiger charge is -1.95. The fraction of sp³-hybridized carbons (Fsp3) is 0.444. The summed E-state index contributed by atoms with van der Waals surface area (Å²) in [6, 6.07) is 1.95. The molecule has 1 rings (SSSR count). The van der Waals surface area contributed by atoms with Crippen molar-refractivity contribution < 1.29 is 0 Å². The Kier molecular flexibility index (Phi) is 7.22. The van der Waals surface area contributed by atoms with Gasteiger partial charge < -0.3 is 0 Å². The van der Waals surface area contributed by atoms with Gasteiger partial charge in [-0.05, 0) is 11.1 Å². The van der Waals surface area contributed by atoms with Crippen molar-refractivity contribution in [1.29, 1.82) is 0 Å². The molecule has 1 aromatic heterocycles. The molecule has 1 nitrogen and oxygen atoms in total. The molecule has 1 heterocycles. The van der Waals surface area contributed by atoms with Crippen molar-refractivity contribution in [1.82, 2.24) is 4.98 Å². The molecule has 1 aromatic rings. The first-order valence-electron chi connectivity index (χ1n) is 3.91. The lowest BCUT2D eigenvalue weighted by atomic mass is 10.2. The third-order valence-corrected chi connectivity index (χ3v) is 1.78. The Morgan fingerprint density at radius 3 is 1.83 bits per heavy atom. The summed E-state index contributed by atoms with van der Waals surface area (Å²) >= 11 is 11.1. The largest absolute Gasteiger partial charge is 0.264 e. The van der Waals surface area contributed by atoms with E-state index in [1.54, 1.807) is 12.4 Å². The van der Waals surface area contributed by atoms with E-state index in [1.165, 1.54) is 0 Å². The van der Waals surface area contributed by atoms with Crippen LogP contribution in [0, 0.1) is 0 Å². The van der Waals surface area contributed by atoms with Crippen LogP contribution in [0.1, 0.15) is 25.0 Å². The van der Waals surface area contributed by atoms with Gasteiger partial charge >= 0.3 is 0 Å². The minimum Gasteiger partial charge on any atom is -0.264 e. The summed E-state index contributed by atoms with van der Waals surface area (Å²) in [5, 5.41) is 0. The molecule has 3 heteroatoms. The average molecular weight is 206 g/mol. The highest BCUT2D eigenvalue weighted by molar-refractivity contribution is 6.17. The number of rotatable bonds is 2. The maximum atomic E-state index is 5.57. The van der Waals surface area contributed by atoms with Gasteiger partial charge in [0, 0.05) is 24.2 Å². The SMILES string of the molecule is CC.ClCc1cncc(CCl)c1. The molecule has 0 bridgehead atoms. The summed E-state index contributed by atoms with van der Waals surface area (Å²) < 4.78 is 0. The third kappa shape index (κ3) is 3.93. The topological polar surface area (TPSA) is 12.9 Å². The Bertz CT molecular complexity index is 194. The molecule has 12 heavy (non-hydrogen) atoms. The molecular formula is C9H13Cl2N. The van der Waals surface area contributed by atoms with Crippen molar-refractivity contribution >= 4 is 23.2 Å². The van der Waals surface area contributed by atoms with Crippen LogP contribution in [0.25, 0.3) is 0 Å². The van der Waals surface area contributed by atoms with Crippen LogP contribution in [0.15, 0.2) is 18.5 Å². The normalized spacial score (nSPS) is 8.67. The minimum atomic E-state index is 0.498. The van der Waals surface area contributed by atoms with Gasteiger partial charge in [-0.25, -0.2) is 0 Å². The number of halogens is 2. The Morgan fingerprint density at radius 2 is 1.50 bits per heavy atom. The van der Waals surface area contributed by atoms with E-state index in [-0.39, 0.29) is 0 Å². The van der Waals surface area contributed by atoms with Gasteiger partial charge in [-0.15, -0.1) is 23.2 Å². The quantitative estimate of drug-likeness (QED) is 0.674. The molecule has 0 spiro atoms. The van der Waals surface area contributed by atoms with Gasteiger partial charge in [0.2, 0.25) is 0 Å². The van der Waals surface area contributed by atoms with Crippen molar-refractivity contribution in [2.24, 2.45) is 0 Å². The van der Waals surface area contributed by atoms with Crippen molar-refractivity contribution in [3.8, 4) is 0 Å². The third-order valence-electron chi connectivity index (χ3n) is 1.16. The summed E-state index contributed by atoms with van der Waals surface area (Å²) in [6.45, 7) is 4.00. The Balaban J connectivity index is 0.000000561. The van der Waals surface area contributed by atoms with Crippen molar-refractivity contribution in [3.63, 3.8) is 0 Å². The fourth-order valence-electron chi connectivity index (χ4n) is 0.688. The van der Waals surface area contributed by atoms with Crippen LogP contribution >= 0.6 is 23.2 Å². The molecule has 68 valence electrons. The second kappa shape index (κ2) is 7.38. The Hall–Kier alpha value is -0.270. The second-order valence-electron chi connectivity index (χ2n) is 1.97. The minimum absolute atomic E-state index is 0.498. The second-order valence-corrected chi connectivity index (χ2v) is 2.50. The van der Waals surface area contributed by atoms with E-state index in [4.69, 9.17) is 23.2 Å². The molecule has 0 aromatic carbocycles. The molecule has 0 amide bonds. The smallest absolute Gasteiger partial charge is 0.0489 e. The lowest BCUT2D eigenvalue weighted by molar-refractivity contribution is 1.19. The summed E-state index contributed by atoms with van der Waals surface area (Å²) in [5.74, 6) is 0.995. The van der Waals surface area contributed by atoms with E-state index in [2.05, 4.69) is 4.98 Å². The van der Waals surface area contributed by atoms with Crippen LogP contribution in [0.2, 0.25) is 0 Å². The molecule has 0 fully saturated rings. The van der Waals surface area contributed by atoms with E-state index in [0.29, 0.717) is 11.8 Å². The highest BCUT2D eigenvalue weighted by Crippen LogP contribution is 2.07. The Labute approximate surface area is 83.7 Å². The van der Waals surface area contributed by atoms with E-state index in [0.717, 1.165) is 11.1 Å². The van der Waals surface area contributed by atoms with Crippen LogP contribution < -0.4 is 0 Å². The predicted molar refractivity (Wildman–Crippen MR) is 54.7 cm³/mol. The van der Waals surface area contributed by atoms with Gasteiger partial charge in [0.25, 0.3) is 0 Å². The number of hydrogen-bond acceptors (Lipinski definition) is 1. The zero-order valence-electron chi connectivity index (χ0n) is 7.35. The Morgan fingerprint density at radius 1 is 1.08 bits per heavy atom. The summed E-state index contributed by atoms with van der Waals surface area (Å²) in [4.78, 5) is 3.96. The van der Waals surface area contributed by atoms with Crippen molar-refractivity contribution in [2.75, 3.05) is 0 Å². The summed E-state index contributed by atoms with van der Waals surface area (Å²) in [5.41, 5.74) is 2.03. The number of nitrogens with zero attached hydrogens (tertiary/aromatic N) is 1. The van der Waals surface area contributed by atoms with Crippen molar-refractivity contribution in [3.05, 3.63) is 29.6 Å².